The predicted octanol–water partition coefficient (Wildman–Crippen LogP) is 7.21. The van der Waals surface area contributed by atoms with Crippen LogP contribution in [0.25, 0.3) is 27.7 Å². The van der Waals surface area contributed by atoms with E-state index in [1.54, 1.807) is 6.08 Å². The Balaban J connectivity index is 1.73. The van der Waals surface area contributed by atoms with Gasteiger partial charge in [0, 0.05) is 34.2 Å². The van der Waals surface area contributed by atoms with Gasteiger partial charge in [-0.3, -0.25) is 4.79 Å². The molecule has 2 aromatic carbocycles. The molecule has 33 heavy (non-hydrogen) atoms. The zero-order chi connectivity index (χ0) is 23.5. The molecule has 0 bridgehead atoms. The number of fused-ring (bicyclic) bond motifs is 1. The normalized spacial score (nSPS) is 19.0. The first-order valence-electron chi connectivity index (χ1n) is 12.1. The van der Waals surface area contributed by atoms with Gasteiger partial charge in [0.1, 0.15) is 11.3 Å². The van der Waals surface area contributed by atoms with Gasteiger partial charge >= 0.3 is 0 Å². The zero-order valence-electron chi connectivity index (χ0n) is 20.5. The number of hydrogen-bond acceptors (Lipinski definition) is 3. The molecule has 1 aliphatic carbocycles. The van der Waals surface area contributed by atoms with Crippen molar-refractivity contribution in [1.82, 2.24) is 5.32 Å². The predicted molar refractivity (Wildman–Crippen MR) is 136 cm³/mol. The summed E-state index contributed by atoms with van der Waals surface area (Å²) in [5, 5.41) is 4.27. The minimum atomic E-state index is -0.0302. The van der Waals surface area contributed by atoms with Gasteiger partial charge < -0.3 is 14.5 Å². The van der Waals surface area contributed by atoms with E-state index in [0.717, 1.165) is 51.0 Å². The van der Waals surface area contributed by atoms with Crippen LogP contribution in [0.3, 0.4) is 0 Å². The zero-order valence-corrected chi connectivity index (χ0v) is 20.5. The molecule has 1 fully saturated rings. The summed E-state index contributed by atoms with van der Waals surface area (Å²) in [6.07, 6.45) is 8.22. The molecule has 0 aliphatic heterocycles. The lowest BCUT2D eigenvalue weighted by Crippen LogP contribution is -2.40. The fourth-order valence-electron chi connectivity index (χ4n) is 4.93. The second kappa shape index (κ2) is 9.86. The number of aryl methyl sites for hydroxylation is 2. The van der Waals surface area contributed by atoms with Gasteiger partial charge in [0.05, 0.1) is 12.9 Å². The summed E-state index contributed by atoms with van der Waals surface area (Å²) >= 11 is 0. The lowest BCUT2D eigenvalue weighted by atomic mass is 9.86. The molecule has 0 saturated heterocycles. The number of ether oxygens (including phenoxy) is 1. The SMILES string of the molecule is CCOc1c(/C(C)=C/C(=O)NC2CCCCC2C)cc2c(-c3ccc(C)cc3)coc2c1C. The summed E-state index contributed by atoms with van der Waals surface area (Å²) in [5.41, 5.74) is 6.98. The first kappa shape index (κ1) is 23.2. The van der Waals surface area contributed by atoms with Crippen LogP contribution in [-0.2, 0) is 4.79 Å². The van der Waals surface area contributed by atoms with Gasteiger partial charge in [-0.15, -0.1) is 0 Å². The lowest BCUT2D eigenvalue weighted by molar-refractivity contribution is -0.117. The third-order valence-corrected chi connectivity index (χ3v) is 6.91. The second-order valence-corrected chi connectivity index (χ2v) is 9.41. The molecular weight excluding hydrogens is 410 g/mol. The van der Waals surface area contributed by atoms with Crippen molar-refractivity contribution in [1.29, 1.82) is 0 Å². The van der Waals surface area contributed by atoms with Gasteiger partial charge in [0.15, 0.2) is 0 Å². The highest BCUT2D eigenvalue weighted by Crippen LogP contribution is 2.40. The van der Waals surface area contributed by atoms with Crippen LogP contribution in [0.4, 0.5) is 0 Å². The standard InChI is InChI=1S/C29H35NO3/c1-6-32-28-21(5)29-24(25(17-33-29)22-13-11-18(2)12-14-22)16-23(28)20(4)15-27(31)30-26-10-8-7-9-19(26)3/h11-17,19,26H,6-10H2,1-5H3,(H,30,31)/b20-15+. The number of nitrogens with one attached hydrogen (secondary N) is 1. The van der Waals surface area contributed by atoms with Crippen LogP contribution in [0.15, 0.2) is 47.1 Å². The molecule has 1 aromatic heterocycles. The largest absolute Gasteiger partial charge is 0.493 e. The lowest BCUT2D eigenvalue weighted by Gasteiger charge is -2.29. The maximum Gasteiger partial charge on any atom is 0.244 e. The molecule has 4 nitrogen and oxygen atoms in total. The Hall–Kier alpha value is -3.01. The average molecular weight is 446 g/mol. The van der Waals surface area contributed by atoms with Crippen LogP contribution in [0.2, 0.25) is 0 Å². The molecular formula is C29H35NO3. The van der Waals surface area contributed by atoms with Gasteiger partial charge in [0.2, 0.25) is 5.91 Å². The Morgan fingerprint density at radius 1 is 1.18 bits per heavy atom. The highest BCUT2D eigenvalue weighted by Gasteiger charge is 2.23. The monoisotopic (exact) mass is 445 g/mol. The number of hydrogen-bond donors (Lipinski definition) is 1. The van der Waals surface area contributed by atoms with Crippen LogP contribution in [0, 0.1) is 19.8 Å². The summed E-state index contributed by atoms with van der Waals surface area (Å²) in [4.78, 5) is 12.9. The van der Waals surface area contributed by atoms with Crippen LogP contribution < -0.4 is 10.1 Å². The van der Waals surface area contributed by atoms with E-state index < -0.39 is 0 Å². The van der Waals surface area contributed by atoms with E-state index in [4.69, 9.17) is 9.15 Å². The minimum Gasteiger partial charge on any atom is -0.493 e. The maximum atomic E-state index is 12.9. The van der Waals surface area contributed by atoms with E-state index in [-0.39, 0.29) is 11.9 Å². The third kappa shape index (κ3) is 4.85. The summed E-state index contributed by atoms with van der Waals surface area (Å²) in [5.74, 6) is 1.27. The maximum absolute atomic E-state index is 12.9. The summed E-state index contributed by atoms with van der Waals surface area (Å²) in [7, 11) is 0. The molecule has 2 unspecified atom stereocenters. The first-order chi connectivity index (χ1) is 15.9. The Labute approximate surface area is 197 Å². The summed E-state index contributed by atoms with van der Waals surface area (Å²) < 4.78 is 12.0. The van der Waals surface area contributed by atoms with E-state index in [0.29, 0.717) is 12.5 Å². The number of allylic oxidation sites excluding steroid dienone is 1. The molecule has 0 radical (unpaired) electrons. The number of amides is 1. The summed E-state index contributed by atoms with van der Waals surface area (Å²) in [6, 6.07) is 10.8. The van der Waals surface area contributed by atoms with Crippen LogP contribution in [0.1, 0.15) is 63.1 Å². The number of benzene rings is 2. The van der Waals surface area contributed by atoms with Crippen LogP contribution >= 0.6 is 0 Å². The molecule has 174 valence electrons. The van der Waals surface area contributed by atoms with Crippen molar-refractivity contribution in [2.24, 2.45) is 5.92 Å². The molecule has 2 atom stereocenters. The fraction of sp³-hybridized carbons (Fsp3) is 0.414. The van der Waals surface area contributed by atoms with Crippen LogP contribution in [0.5, 0.6) is 5.75 Å². The quantitative estimate of drug-likeness (QED) is 0.408. The molecule has 4 rings (SSSR count). The number of rotatable bonds is 6. The third-order valence-electron chi connectivity index (χ3n) is 6.91. The average Bonchev–Trinajstić information content (AvgIpc) is 3.22. The smallest absolute Gasteiger partial charge is 0.244 e. The molecule has 0 spiro atoms. The topological polar surface area (TPSA) is 51.5 Å². The second-order valence-electron chi connectivity index (χ2n) is 9.41. The molecule has 4 heteroatoms. The molecule has 3 aromatic rings. The van der Waals surface area contributed by atoms with E-state index in [1.807, 2.05) is 27.0 Å². The molecule has 1 N–H and O–H groups in total. The van der Waals surface area contributed by atoms with E-state index >= 15 is 0 Å². The van der Waals surface area contributed by atoms with Crippen LogP contribution in [-0.4, -0.2) is 18.6 Å². The van der Waals surface area contributed by atoms with Gasteiger partial charge in [-0.1, -0.05) is 49.6 Å². The van der Waals surface area contributed by atoms with Crippen molar-refractivity contribution in [3.63, 3.8) is 0 Å². The van der Waals surface area contributed by atoms with E-state index in [2.05, 4.69) is 49.5 Å². The first-order valence-corrected chi connectivity index (χ1v) is 12.1. The highest BCUT2D eigenvalue weighted by molar-refractivity contribution is 6.01. The summed E-state index contributed by atoms with van der Waals surface area (Å²) in [6.45, 7) is 10.8. The number of furan rings is 1. The number of carbonyl (C=O) groups excluding carboxylic acids is 1. The van der Waals surface area contributed by atoms with Gasteiger partial charge in [-0.05, 0) is 63.7 Å². The Kier molecular flexibility index (Phi) is 6.92. The molecule has 1 amide bonds. The van der Waals surface area contributed by atoms with Crippen molar-refractivity contribution >= 4 is 22.4 Å². The highest BCUT2D eigenvalue weighted by atomic mass is 16.5. The van der Waals surface area contributed by atoms with Crippen molar-refractivity contribution < 1.29 is 13.9 Å². The molecule has 1 heterocycles. The number of carbonyl (C=O) groups is 1. The Morgan fingerprint density at radius 2 is 1.91 bits per heavy atom. The van der Waals surface area contributed by atoms with E-state index in [1.165, 1.54) is 24.8 Å². The van der Waals surface area contributed by atoms with Crippen molar-refractivity contribution in [3.05, 3.63) is 59.4 Å². The fourth-order valence-corrected chi connectivity index (χ4v) is 4.93. The van der Waals surface area contributed by atoms with Crippen molar-refractivity contribution in [2.75, 3.05) is 6.61 Å². The minimum absolute atomic E-state index is 0.0302. The molecule has 1 aliphatic rings. The Bertz CT molecular complexity index is 1170. The van der Waals surface area contributed by atoms with Gasteiger partial charge in [-0.25, -0.2) is 0 Å². The Morgan fingerprint density at radius 3 is 2.61 bits per heavy atom. The van der Waals surface area contributed by atoms with Gasteiger partial charge in [-0.2, -0.15) is 0 Å². The van der Waals surface area contributed by atoms with Gasteiger partial charge in [0.25, 0.3) is 0 Å². The molecule has 1 saturated carbocycles. The van der Waals surface area contributed by atoms with Crippen molar-refractivity contribution in [3.8, 4) is 16.9 Å². The van der Waals surface area contributed by atoms with Crippen molar-refractivity contribution in [2.45, 2.75) is 66.3 Å². The van der Waals surface area contributed by atoms with E-state index in [9.17, 15) is 4.79 Å².